The molecule has 2 aromatic rings. The van der Waals surface area contributed by atoms with Crippen LogP contribution < -0.4 is 19.7 Å². The number of likely N-dealkylation sites (N-methyl/N-ethyl adjacent to an activating group) is 1. The topological polar surface area (TPSA) is 79.8 Å². The lowest BCUT2D eigenvalue weighted by Gasteiger charge is -2.32. The van der Waals surface area contributed by atoms with E-state index in [1.807, 2.05) is 6.92 Å². The Balaban J connectivity index is 1.47. The minimum atomic E-state index is -0.242. The molecule has 27 heavy (non-hydrogen) atoms. The average molecular weight is 369 g/mol. The van der Waals surface area contributed by atoms with Gasteiger partial charge in [-0.3, -0.25) is 4.79 Å². The van der Waals surface area contributed by atoms with Crippen LogP contribution in [0, 0.1) is 6.92 Å². The molecule has 1 saturated heterocycles. The molecular formula is C19H23N5O3. The van der Waals surface area contributed by atoms with Crippen LogP contribution in [0.1, 0.15) is 16.1 Å². The fraction of sp³-hybridized carbons (Fsp3) is 0.421. The van der Waals surface area contributed by atoms with Gasteiger partial charge in [-0.25, -0.2) is 9.97 Å². The van der Waals surface area contributed by atoms with Gasteiger partial charge in [0.2, 0.25) is 5.95 Å². The molecular weight excluding hydrogens is 346 g/mol. The van der Waals surface area contributed by atoms with E-state index in [2.05, 4.69) is 32.1 Å². The summed E-state index contributed by atoms with van der Waals surface area (Å²) in [6.45, 7) is 6.61. The number of aromatic nitrogens is 2. The summed E-state index contributed by atoms with van der Waals surface area (Å²) in [6.07, 6.45) is 1.60. The van der Waals surface area contributed by atoms with Crippen molar-refractivity contribution in [2.75, 3.05) is 56.7 Å². The minimum absolute atomic E-state index is 0.242. The number of fused-ring (bicyclic) bond motifs is 1. The van der Waals surface area contributed by atoms with Gasteiger partial charge in [0, 0.05) is 44.1 Å². The van der Waals surface area contributed by atoms with E-state index in [1.165, 1.54) is 0 Å². The van der Waals surface area contributed by atoms with Crippen LogP contribution in [-0.4, -0.2) is 67.2 Å². The van der Waals surface area contributed by atoms with E-state index in [9.17, 15) is 4.79 Å². The summed E-state index contributed by atoms with van der Waals surface area (Å²) in [6, 6.07) is 5.35. The minimum Gasteiger partial charge on any atom is -0.486 e. The van der Waals surface area contributed by atoms with Gasteiger partial charge in [0.25, 0.3) is 5.91 Å². The number of carbonyl (C=O) groups excluding carboxylic acids is 1. The first-order valence-electron chi connectivity index (χ1n) is 9.08. The summed E-state index contributed by atoms with van der Waals surface area (Å²) in [5.74, 6) is 1.76. The molecule has 4 rings (SSSR count). The zero-order valence-electron chi connectivity index (χ0n) is 15.6. The molecule has 1 aromatic heterocycles. The number of ether oxygens (including phenoxy) is 2. The standard InChI is InChI=1S/C19H23N5O3/c1-13-15(12-20-19(21-13)24-7-5-23(2)6-8-24)18(25)22-14-3-4-16-17(11-14)27-10-9-26-16/h3-4,11-12H,5-10H2,1-2H3,(H,22,25). The van der Waals surface area contributed by atoms with Crippen LogP contribution in [0.4, 0.5) is 11.6 Å². The van der Waals surface area contributed by atoms with Gasteiger partial charge in [0.1, 0.15) is 13.2 Å². The summed E-state index contributed by atoms with van der Waals surface area (Å²) in [7, 11) is 2.11. The van der Waals surface area contributed by atoms with E-state index >= 15 is 0 Å². The lowest BCUT2D eigenvalue weighted by atomic mass is 10.2. The number of hydrogen-bond donors (Lipinski definition) is 1. The number of nitrogens with zero attached hydrogens (tertiary/aromatic N) is 4. The van der Waals surface area contributed by atoms with Crippen molar-refractivity contribution in [3.63, 3.8) is 0 Å². The van der Waals surface area contributed by atoms with Gasteiger partial charge in [-0.05, 0) is 26.1 Å². The maximum absolute atomic E-state index is 12.7. The Hall–Kier alpha value is -2.87. The maximum Gasteiger partial charge on any atom is 0.259 e. The van der Waals surface area contributed by atoms with Gasteiger partial charge in [-0.15, -0.1) is 0 Å². The van der Waals surface area contributed by atoms with Crippen LogP contribution in [0.5, 0.6) is 11.5 Å². The third kappa shape index (κ3) is 3.80. The Morgan fingerprint density at radius 2 is 1.85 bits per heavy atom. The molecule has 8 nitrogen and oxygen atoms in total. The quantitative estimate of drug-likeness (QED) is 0.879. The predicted molar refractivity (Wildman–Crippen MR) is 102 cm³/mol. The Bertz CT molecular complexity index is 849. The second-order valence-electron chi connectivity index (χ2n) is 6.77. The molecule has 0 aliphatic carbocycles. The van der Waals surface area contributed by atoms with Crippen molar-refractivity contribution in [3.8, 4) is 11.5 Å². The van der Waals surface area contributed by atoms with Crippen LogP contribution >= 0.6 is 0 Å². The van der Waals surface area contributed by atoms with E-state index in [4.69, 9.17) is 9.47 Å². The van der Waals surface area contributed by atoms with Crippen molar-refractivity contribution in [1.82, 2.24) is 14.9 Å². The van der Waals surface area contributed by atoms with Gasteiger partial charge in [0.05, 0.1) is 11.3 Å². The van der Waals surface area contributed by atoms with Gasteiger partial charge in [-0.2, -0.15) is 0 Å². The van der Waals surface area contributed by atoms with Crippen molar-refractivity contribution in [3.05, 3.63) is 35.7 Å². The second kappa shape index (κ2) is 7.40. The summed E-state index contributed by atoms with van der Waals surface area (Å²) in [5.41, 5.74) is 1.77. The van der Waals surface area contributed by atoms with Gasteiger partial charge < -0.3 is 24.6 Å². The van der Waals surface area contributed by atoms with Crippen molar-refractivity contribution in [2.45, 2.75) is 6.92 Å². The molecule has 1 fully saturated rings. The first-order valence-corrected chi connectivity index (χ1v) is 9.08. The Kier molecular flexibility index (Phi) is 4.81. The lowest BCUT2D eigenvalue weighted by molar-refractivity contribution is 0.102. The van der Waals surface area contributed by atoms with Crippen LogP contribution in [0.3, 0.4) is 0 Å². The van der Waals surface area contributed by atoms with Crippen LogP contribution in [0.25, 0.3) is 0 Å². The fourth-order valence-corrected chi connectivity index (χ4v) is 3.16. The molecule has 0 unspecified atom stereocenters. The van der Waals surface area contributed by atoms with Crippen LogP contribution in [0.15, 0.2) is 24.4 Å². The number of carbonyl (C=O) groups is 1. The largest absolute Gasteiger partial charge is 0.486 e. The molecule has 1 aromatic carbocycles. The highest BCUT2D eigenvalue weighted by Crippen LogP contribution is 2.32. The Morgan fingerprint density at radius 3 is 2.59 bits per heavy atom. The molecule has 1 amide bonds. The highest BCUT2D eigenvalue weighted by molar-refractivity contribution is 6.05. The first-order chi connectivity index (χ1) is 13.1. The Morgan fingerprint density at radius 1 is 1.11 bits per heavy atom. The van der Waals surface area contributed by atoms with Crippen LogP contribution in [0.2, 0.25) is 0 Å². The first kappa shape index (κ1) is 17.5. The summed E-state index contributed by atoms with van der Waals surface area (Å²) in [5, 5.41) is 2.88. The van der Waals surface area contributed by atoms with Gasteiger partial charge >= 0.3 is 0 Å². The zero-order valence-corrected chi connectivity index (χ0v) is 15.6. The number of hydrogen-bond acceptors (Lipinski definition) is 7. The van der Waals surface area contributed by atoms with Crippen molar-refractivity contribution in [2.24, 2.45) is 0 Å². The molecule has 0 atom stereocenters. The number of nitrogens with one attached hydrogen (secondary N) is 1. The molecule has 1 N–H and O–H groups in total. The molecule has 0 saturated carbocycles. The number of anilines is 2. The van der Waals surface area contributed by atoms with Gasteiger partial charge in [0.15, 0.2) is 11.5 Å². The smallest absolute Gasteiger partial charge is 0.259 e. The average Bonchev–Trinajstić information content (AvgIpc) is 2.68. The second-order valence-corrected chi connectivity index (χ2v) is 6.77. The van der Waals surface area contributed by atoms with Crippen molar-refractivity contribution in [1.29, 1.82) is 0 Å². The molecule has 2 aliphatic rings. The molecule has 2 aliphatic heterocycles. The number of aryl methyl sites for hydroxylation is 1. The van der Waals surface area contributed by atoms with E-state index in [1.54, 1.807) is 24.4 Å². The molecule has 8 heteroatoms. The van der Waals surface area contributed by atoms with Crippen molar-refractivity contribution < 1.29 is 14.3 Å². The van der Waals surface area contributed by atoms with E-state index < -0.39 is 0 Å². The monoisotopic (exact) mass is 369 g/mol. The lowest BCUT2D eigenvalue weighted by Crippen LogP contribution is -2.45. The molecule has 0 radical (unpaired) electrons. The highest BCUT2D eigenvalue weighted by Gasteiger charge is 2.19. The molecule has 3 heterocycles. The number of rotatable bonds is 3. The third-order valence-corrected chi connectivity index (χ3v) is 4.80. The molecule has 0 spiro atoms. The van der Waals surface area contributed by atoms with Crippen LogP contribution in [-0.2, 0) is 0 Å². The number of amides is 1. The third-order valence-electron chi connectivity index (χ3n) is 4.80. The van der Waals surface area contributed by atoms with Gasteiger partial charge in [-0.1, -0.05) is 0 Å². The summed E-state index contributed by atoms with van der Waals surface area (Å²) >= 11 is 0. The van der Waals surface area contributed by atoms with E-state index in [0.29, 0.717) is 47.6 Å². The normalized spacial score (nSPS) is 16.9. The highest BCUT2D eigenvalue weighted by atomic mass is 16.6. The zero-order chi connectivity index (χ0) is 18.8. The van der Waals surface area contributed by atoms with E-state index in [0.717, 1.165) is 26.2 Å². The van der Waals surface area contributed by atoms with E-state index in [-0.39, 0.29) is 5.91 Å². The van der Waals surface area contributed by atoms with Crippen molar-refractivity contribution >= 4 is 17.5 Å². The Labute approximate surface area is 158 Å². The fourth-order valence-electron chi connectivity index (χ4n) is 3.16. The number of piperazine rings is 1. The number of benzene rings is 1. The maximum atomic E-state index is 12.7. The molecule has 142 valence electrons. The molecule has 0 bridgehead atoms. The predicted octanol–water partition coefficient (Wildman–Crippen LogP) is 1.56. The SMILES string of the molecule is Cc1nc(N2CCN(C)CC2)ncc1C(=O)Nc1ccc2c(c1)OCCO2. The summed E-state index contributed by atoms with van der Waals surface area (Å²) in [4.78, 5) is 26.0. The summed E-state index contributed by atoms with van der Waals surface area (Å²) < 4.78 is 11.1.